The molecule has 0 saturated carbocycles. The van der Waals surface area contributed by atoms with Crippen molar-refractivity contribution in [2.75, 3.05) is 19.8 Å². The summed E-state index contributed by atoms with van der Waals surface area (Å²) in [5.74, 6) is 0. The van der Waals surface area contributed by atoms with Crippen LogP contribution in [0, 0.1) is 0 Å². The predicted octanol–water partition coefficient (Wildman–Crippen LogP) is 0.0577. The van der Waals surface area contributed by atoms with Crippen molar-refractivity contribution in [3.05, 3.63) is 24.0 Å². The Labute approximate surface area is 78.6 Å². The molecule has 0 spiro atoms. The number of nitrogens with one attached hydrogen (secondary N) is 1. The second-order valence-electron chi connectivity index (χ2n) is 2.91. The van der Waals surface area contributed by atoms with Gasteiger partial charge in [0.15, 0.2) is 0 Å². The second kappa shape index (κ2) is 3.93. The molecular weight excluding hydrogens is 188 g/mol. The Morgan fingerprint density at radius 3 is 2.77 bits per heavy atom. The van der Waals surface area contributed by atoms with Crippen molar-refractivity contribution >= 4 is 10.0 Å². The minimum absolute atomic E-state index is 0.719. The zero-order valence-corrected chi connectivity index (χ0v) is 8.63. The van der Waals surface area contributed by atoms with Gasteiger partial charge >= 0.3 is 0 Å². The molecule has 1 N–H and O–H groups in total. The summed E-state index contributed by atoms with van der Waals surface area (Å²) < 4.78 is 23.8. The van der Waals surface area contributed by atoms with Crippen molar-refractivity contribution in [3.8, 4) is 0 Å². The first-order chi connectivity index (χ1) is 6.05. The second-order valence-corrected chi connectivity index (χ2v) is 4.77. The average molecular weight is 202 g/mol. The van der Waals surface area contributed by atoms with Crippen molar-refractivity contribution < 1.29 is 8.42 Å². The highest BCUT2D eigenvalue weighted by atomic mass is 32.2. The molecule has 5 heteroatoms. The summed E-state index contributed by atoms with van der Waals surface area (Å²) in [7, 11) is -1.29. The molecule has 0 aliphatic carbocycles. The van der Waals surface area contributed by atoms with Crippen LogP contribution in [0.25, 0.3) is 0 Å². The summed E-state index contributed by atoms with van der Waals surface area (Å²) in [6.45, 7) is 0.777. The van der Waals surface area contributed by atoms with Crippen molar-refractivity contribution in [1.29, 1.82) is 0 Å². The lowest BCUT2D eigenvalue weighted by Crippen LogP contribution is -2.16. The molecule has 0 atom stereocenters. The van der Waals surface area contributed by atoms with E-state index < -0.39 is 10.0 Å². The van der Waals surface area contributed by atoms with Gasteiger partial charge in [-0.25, -0.2) is 12.4 Å². The Balaban J connectivity index is 2.90. The van der Waals surface area contributed by atoms with Gasteiger partial charge in [0.05, 0.1) is 6.26 Å². The monoisotopic (exact) mass is 202 g/mol. The number of nitrogens with zero attached hydrogens (tertiary/aromatic N) is 1. The van der Waals surface area contributed by atoms with Crippen LogP contribution in [0.5, 0.6) is 0 Å². The van der Waals surface area contributed by atoms with Crippen LogP contribution in [0.15, 0.2) is 18.3 Å². The third-order valence-corrected chi connectivity index (χ3v) is 2.85. The molecule has 1 aromatic rings. The van der Waals surface area contributed by atoms with Crippen LogP contribution >= 0.6 is 0 Å². The Kier molecular flexibility index (Phi) is 3.11. The van der Waals surface area contributed by atoms with Crippen LogP contribution in [0.1, 0.15) is 5.69 Å². The summed E-state index contributed by atoms with van der Waals surface area (Å²) in [5, 5.41) is 2.98. The highest BCUT2D eigenvalue weighted by Gasteiger charge is 2.08. The molecule has 0 bridgehead atoms. The van der Waals surface area contributed by atoms with Gasteiger partial charge in [-0.2, -0.15) is 0 Å². The largest absolute Gasteiger partial charge is 0.319 e. The summed E-state index contributed by atoms with van der Waals surface area (Å²) in [5.41, 5.74) is 0.817. The zero-order valence-electron chi connectivity index (χ0n) is 7.82. The van der Waals surface area contributed by atoms with Gasteiger partial charge < -0.3 is 5.32 Å². The molecule has 0 amide bonds. The van der Waals surface area contributed by atoms with E-state index in [2.05, 4.69) is 5.32 Å². The molecule has 0 aliphatic heterocycles. The molecule has 13 heavy (non-hydrogen) atoms. The average Bonchev–Trinajstić information content (AvgIpc) is 2.47. The number of hydrogen-bond donors (Lipinski definition) is 1. The van der Waals surface area contributed by atoms with Gasteiger partial charge in [-0.1, -0.05) is 0 Å². The zero-order chi connectivity index (χ0) is 9.90. The Hall–Kier alpha value is -0.810. The van der Waals surface area contributed by atoms with Gasteiger partial charge in [0.25, 0.3) is 0 Å². The molecule has 0 saturated heterocycles. The van der Waals surface area contributed by atoms with Gasteiger partial charge in [-0.05, 0) is 19.2 Å². The highest BCUT2D eigenvalue weighted by molar-refractivity contribution is 7.89. The van der Waals surface area contributed by atoms with Crippen LogP contribution in [0.4, 0.5) is 0 Å². The first kappa shape index (κ1) is 10.3. The lowest BCUT2D eigenvalue weighted by Gasteiger charge is -2.05. The first-order valence-corrected chi connectivity index (χ1v) is 5.92. The molecule has 0 fully saturated rings. The molecule has 0 radical (unpaired) electrons. The van der Waals surface area contributed by atoms with Gasteiger partial charge in [-0.15, -0.1) is 0 Å². The van der Waals surface area contributed by atoms with E-state index >= 15 is 0 Å². The number of aromatic nitrogens is 1. The normalized spacial score (nSPS) is 11.8. The summed E-state index contributed by atoms with van der Waals surface area (Å²) in [6.07, 6.45) is 3.49. The Morgan fingerprint density at radius 2 is 2.23 bits per heavy atom. The minimum Gasteiger partial charge on any atom is -0.319 e. The fourth-order valence-corrected chi connectivity index (χ4v) is 2.04. The van der Waals surface area contributed by atoms with Crippen LogP contribution in [-0.4, -0.2) is 32.2 Å². The third kappa shape index (κ3) is 2.57. The molecule has 1 aromatic heterocycles. The van der Waals surface area contributed by atoms with E-state index in [-0.39, 0.29) is 0 Å². The number of likely N-dealkylation sites (N-methyl/N-ethyl adjacent to an activating group) is 1. The predicted molar refractivity (Wildman–Crippen MR) is 52.3 cm³/mol. The number of hydrogen-bond acceptors (Lipinski definition) is 3. The fourth-order valence-electron chi connectivity index (χ4n) is 1.17. The molecule has 0 aromatic carbocycles. The van der Waals surface area contributed by atoms with Gasteiger partial charge in [-0.3, -0.25) is 0 Å². The van der Waals surface area contributed by atoms with Gasteiger partial charge in [0, 0.05) is 24.9 Å². The van der Waals surface area contributed by atoms with Crippen LogP contribution in [0.3, 0.4) is 0 Å². The molecule has 74 valence electrons. The molecule has 1 heterocycles. The van der Waals surface area contributed by atoms with Gasteiger partial charge in [0.2, 0.25) is 10.0 Å². The lowest BCUT2D eigenvalue weighted by atomic mass is 10.3. The maximum Gasteiger partial charge on any atom is 0.235 e. The van der Waals surface area contributed by atoms with E-state index in [9.17, 15) is 8.42 Å². The molecule has 4 nitrogen and oxygen atoms in total. The molecular formula is C8H14N2O2S. The van der Waals surface area contributed by atoms with E-state index in [1.165, 1.54) is 10.2 Å². The summed E-state index contributed by atoms with van der Waals surface area (Å²) >= 11 is 0. The van der Waals surface area contributed by atoms with E-state index in [1.54, 1.807) is 12.3 Å². The maximum absolute atomic E-state index is 11.2. The topological polar surface area (TPSA) is 51.1 Å². The maximum atomic E-state index is 11.2. The molecule has 1 rings (SSSR count). The SMILES string of the molecule is CNCCc1cccn1S(C)(=O)=O. The molecule has 0 unspecified atom stereocenters. The van der Waals surface area contributed by atoms with E-state index in [0.29, 0.717) is 0 Å². The first-order valence-electron chi connectivity index (χ1n) is 4.07. The van der Waals surface area contributed by atoms with Gasteiger partial charge in [0.1, 0.15) is 0 Å². The van der Waals surface area contributed by atoms with Crippen molar-refractivity contribution in [1.82, 2.24) is 9.29 Å². The lowest BCUT2D eigenvalue weighted by molar-refractivity contribution is 0.590. The van der Waals surface area contributed by atoms with Crippen molar-refractivity contribution in [2.45, 2.75) is 6.42 Å². The quantitative estimate of drug-likeness (QED) is 0.751. The van der Waals surface area contributed by atoms with E-state index in [4.69, 9.17) is 0 Å². The van der Waals surface area contributed by atoms with Crippen molar-refractivity contribution in [3.63, 3.8) is 0 Å². The fraction of sp³-hybridized carbons (Fsp3) is 0.500. The Morgan fingerprint density at radius 1 is 1.54 bits per heavy atom. The van der Waals surface area contributed by atoms with Crippen LogP contribution in [-0.2, 0) is 16.4 Å². The Bertz CT molecular complexity index is 367. The van der Waals surface area contributed by atoms with E-state index in [1.807, 2.05) is 13.1 Å². The molecule has 0 aliphatic rings. The van der Waals surface area contributed by atoms with E-state index in [0.717, 1.165) is 18.7 Å². The summed E-state index contributed by atoms with van der Waals surface area (Å²) in [6, 6.07) is 3.56. The number of rotatable bonds is 4. The summed E-state index contributed by atoms with van der Waals surface area (Å²) in [4.78, 5) is 0. The minimum atomic E-state index is -3.13. The van der Waals surface area contributed by atoms with Crippen molar-refractivity contribution in [2.24, 2.45) is 0 Å². The third-order valence-electron chi connectivity index (χ3n) is 1.78. The smallest absolute Gasteiger partial charge is 0.235 e. The highest BCUT2D eigenvalue weighted by Crippen LogP contribution is 2.05. The van der Waals surface area contributed by atoms with Crippen LogP contribution in [0.2, 0.25) is 0 Å². The van der Waals surface area contributed by atoms with Crippen LogP contribution < -0.4 is 5.32 Å². The standard InChI is InChI=1S/C8H14N2O2S/c1-9-6-5-8-4-3-7-10(8)13(2,11)12/h3-4,7,9H,5-6H2,1-2H3.